The molecule has 3 aromatic rings. The highest BCUT2D eigenvalue weighted by atomic mass is 35.5. The van der Waals surface area contributed by atoms with Gasteiger partial charge in [0.2, 0.25) is 0 Å². The molecule has 4 rings (SSSR count). The van der Waals surface area contributed by atoms with Crippen LogP contribution in [0.25, 0.3) is 17.0 Å². The van der Waals surface area contributed by atoms with Crippen LogP contribution in [0.15, 0.2) is 54.1 Å². The van der Waals surface area contributed by atoms with Crippen molar-refractivity contribution in [2.24, 2.45) is 0 Å². The molecule has 0 saturated carbocycles. The van der Waals surface area contributed by atoms with Crippen LogP contribution in [0, 0.1) is 0 Å². The topological polar surface area (TPSA) is 48.4 Å². The molecule has 5 heteroatoms. The Morgan fingerprint density at radius 3 is 2.88 bits per heavy atom. The van der Waals surface area contributed by atoms with E-state index in [0.29, 0.717) is 33.4 Å². The summed E-state index contributed by atoms with van der Waals surface area (Å²) in [6.45, 7) is 0.183. The second kappa shape index (κ2) is 6.22. The van der Waals surface area contributed by atoms with Crippen LogP contribution in [0.1, 0.15) is 15.9 Å². The highest BCUT2D eigenvalue weighted by Gasteiger charge is 2.24. The lowest BCUT2D eigenvalue weighted by Gasteiger charge is -2.19. The molecule has 0 atom stereocenters. The van der Waals surface area contributed by atoms with Gasteiger partial charge in [0.15, 0.2) is 5.78 Å². The quantitative estimate of drug-likeness (QED) is 0.502. The first-order chi connectivity index (χ1) is 12.2. The molecule has 0 aliphatic carbocycles. The molecule has 2 heterocycles. The van der Waals surface area contributed by atoms with Gasteiger partial charge in [-0.15, -0.1) is 0 Å². The van der Waals surface area contributed by atoms with Crippen molar-refractivity contribution in [2.75, 3.05) is 13.7 Å². The fourth-order valence-corrected chi connectivity index (χ4v) is 3.04. The van der Waals surface area contributed by atoms with Gasteiger partial charge in [0.05, 0.1) is 18.2 Å². The van der Waals surface area contributed by atoms with Crippen molar-refractivity contribution in [1.82, 2.24) is 4.98 Å². The Kier molecular flexibility index (Phi) is 3.90. The average Bonchev–Trinajstić information content (AvgIpc) is 2.64. The van der Waals surface area contributed by atoms with Gasteiger partial charge in [-0.25, -0.2) is 4.98 Å². The van der Waals surface area contributed by atoms with Gasteiger partial charge >= 0.3 is 0 Å². The number of carbonyl (C=O) groups is 1. The molecular formula is C20H14ClNO3. The van der Waals surface area contributed by atoms with Crippen LogP contribution in [0.2, 0.25) is 5.15 Å². The van der Waals surface area contributed by atoms with Crippen LogP contribution in [0.4, 0.5) is 0 Å². The second-order valence-electron chi connectivity index (χ2n) is 5.71. The summed E-state index contributed by atoms with van der Waals surface area (Å²) in [4.78, 5) is 17.1. The number of Topliss-reactive ketones (excluding diaryl/α,β-unsaturated/α-hetero) is 1. The smallest absolute Gasteiger partial charge is 0.196 e. The number of pyridine rings is 1. The fraction of sp³-hybridized carbons (Fsp3) is 0.100. The zero-order chi connectivity index (χ0) is 17.4. The van der Waals surface area contributed by atoms with Crippen LogP contribution in [-0.4, -0.2) is 24.5 Å². The van der Waals surface area contributed by atoms with Crippen molar-refractivity contribution in [3.8, 4) is 11.5 Å². The number of fused-ring (bicyclic) bond motifs is 2. The Hall–Kier alpha value is -2.85. The Balaban J connectivity index is 1.75. The number of halogens is 1. The molecule has 1 aliphatic rings. The monoisotopic (exact) mass is 351 g/mol. The highest BCUT2D eigenvalue weighted by molar-refractivity contribution is 6.31. The Bertz CT molecular complexity index is 1030. The molecule has 0 N–H and O–H groups in total. The standard InChI is InChI=1S/C20H14ClNO3/c1-24-15-6-7-16-18(10-15)25-11-14(19(16)23)9-13-8-12-4-2-3-5-17(12)22-20(13)21/h2-10H,11H2,1H3/b14-9+. The maximum Gasteiger partial charge on any atom is 0.196 e. The first-order valence-corrected chi connectivity index (χ1v) is 8.15. The van der Waals surface area contributed by atoms with Gasteiger partial charge in [-0.05, 0) is 30.3 Å². The van der Waals surface area contributed by atoms with E-state index >= 15 is 0 Å². The van der Waals surface area contributed by atoms with Crippen LogP contribution in [0.5, 0.6) is 11.5 Å². The highest BCUT2D eigenvalue weighted by Crippen LogP contribution is 2.32. The first kappa shape index (κ1) is 15.7. The summed E-state index contributed by atoms with van der Waals surface area (Å²) < 4.78 is 10.9. The molecule has 1 aromatic heterocycles. The zero-order valence-corrected chi connectivity index (χ0v) is 14.2. The summed E-state index contributed by atoms with van der Waals surface area (Å²) in [5.41, 5.74) is 2.57. The molecular weight excluding hydrogens is 338 g/mol. The van der Waals surface area contributed by atoms with Crippen molar-refractivity contribution in [3.63, 3.8) is 0 Å². The Morgan fingerprint density at radius 1 is 1.20 bits per heavy atom. The van der Waals surface area contributed by atoms with Crippen molar-refractivity contribution in [1.29, 1.82) is 0 Å². The van der Waals surface area contributed by atoms with Gasteiger partial charge in [-0.1, -0.05) is 29.8 Å². The minimum Gasteiger partial charge on any atom is -0.497 e. The SMILES string of the molecule is COc1ccc2c(c1)OC/C(=C\c1cc3ccccc3nc1Cl)C2=O. The maximum absolute atomic E-state index is 12.7. The van der Waals surface area contributed by atoms with E-state index in [-0.39, 0.29) is 12.4 Å². The van der Waals surface area contributed by atoms with Gasteiger partial charge in [0, 0.05) is 22.6 Å². The third kappa shape index (κ3) is 2.85. The lowest BCUT2D eigenvalue weighted by molar-refractivity contribution is 0.100. The van der Waals surface area contributed by atoms with Crippen LogP contribution < -0.4 is 9.47 Å². The van der Waals surface area contributed by atoms with Gasteiger partial charge < -0.3 is 9.47 Å². The molecule has 0 amide bonds. The minimum atomic E-state index is -0.0758. The summed E-state index contributed by atoms with van der Waals surface area (Å²) in [5.74, 6) is 1.11. The molecule has 0 bridgehead atoms. The van der Waals surface area contributed by atoms with E-state index in [1.807, 2.05) is 30.3 Å². The van der Waals surface area contributed by atoms with Gasteiger partial charge in [-0.3, -0.25) is 4.79 Å². The third-order valence-corrected chi connectivity index (χ3v) is 4.45. The zero-order valence-electron chi connectivity index (χ0n) is 13.5. The van der Waals surface area contributed by atoms with E-state index in [2.05, 4.69) is 4.98 Å². The van der Waals surface area contributed by atoms with E-state index in [1.165, 1.54) is 0 Å². The van der Waals surface area contributed by atoms with Gasteiger partial charge in [-0.2, -0.15) is 0 Å². The lowest BCUT2D eigenvalue weighted by atomic mass is 9.98. The predicted octanol–water partition coefficient (Wildman–Crippen LogP) is 4.56. The third-order valence-electron chi connectivity index (χ3n) is 4.14. The molecule has 0 fully saturated rings. The number of hydrogen-bond donors (Lipinski definition) is 0. The van der Waals surface area contributed by atoms with Crippen LogP contribution in [0.3, 0.4) is 0 Å². The number of ether oxygens (including phenoxy) is 2. The first-order valence-electron chi connectivity index (χ1n) is 7.77. The van der Waals surface area contributed by atoms with E-state index in [4.69, 9.17) is 21.1 Å². The number of para-hydroxylation sites is 1. The van der Waals surface area contributed by atoms with Crippen molar-refractivity contribution in [2.45, 2.75) is 0 Å². The van der Waals surface area contributed by atoms with Crippen molar-refractivity contribution >= 4 is 34.4 Å². The number of rotatable bonds is 2. The molecule has 2 aromatic carbocycles. The molecule has 25 heavy (non-hydrogen) atoms. The van der Waals surface area contributed by atoms with E-state index in [9.17, 15) is 4.79 Å². The van der Waals surface area contributed by atoms with Gasteiger partial charge in [0.25, 0.3) is 0 Å². The Labute approximate surface area is 149 Å². The molecule has 0 saturated heterocycles. The number of carbonyl (C=O) groups excluding carboxylic acids is 1. The lowest BCUT2D eigenvalue weighted by Crippen LogP contribution is -2.19. The largest absolute Gasteiger partial charge is 0.497 e. The van der Waals surface area contributed by atoms with E-state index in [1.54, 1.807) is 31.4 Å². The number of aromatic nitrogens is 1. The predicted molar refractivity (Wildman–Crippen MR) is 97.5 cm³/mol. The normalized spacial score (nSPS) is 15.1. The van der Waals surface area contributed by atoms with E-state index < -0.39 is 0 Å². The summed E-state index contributed by atoms with van der Waals surface area (Å²) >= 11 is 6.29. The maximum atomic E-state index is 12.7. The van der Waals surface area contributed by atoms with Crippen LogP contribution >= 0.6 is 11.6 Å². The molecule has 124 valence electrons. The number of benzene rings is 2. The van der Waals surface area contributed by atoms with Crippen LogP contribution in [-0.2, 0) is 0 Å². The molecule has 0 unspecified atom stereocenters. The summed E-state index contributed by atoms with van der Waals surface area (Å²) in [6.07, 6.45) is 1.75. The summed E-state index contributed by atoms with van der Waals surface area (Å²) in [5, 5.41) is 1.33. The van der Waals surface area contributed by atoms with Crippen molar-refractivity contribution < 1.29 is 14.3 Å². The van der Waals surface area contributed by atoms with E-state index in [0.717, 1.165) is 10.9 Å². The molecule has 0 radical (unpaired) electrons. The minimum absolute atomic E-state index is 0.0758. The Morgan fingerprint density at radius 2 is 2.04 bits per heavy atom. The average molecular weight is 352 g/mol. The van der Waals surface area contributed by atoms with Gasteiger partial charge in [0.1, 0.15) is 23.3 Å². The number of nitrogens with zero attached hydrogens (tertiary/aromatic N) is 1. The summed E-state index contributed by atoms with van der Waals surface area (Å²) in [7, 11) is 1.58. The molecule has 0 spiro atoms. The number of ketones is 1. The second-order valence-corrected chi connectivity index (χ2v) is 6.07. The number of methoxy groups -OCH3 is 1. The summed E-state index contributed by atoms with van der Waals surface area (Å²) in [6, 6.07) is 14.8. The molecule has 1 aliphatic heterocycles. The fourth-order valence-electron chi connectivity index (χ4n) is 2.84. The number of hydrogen-bond acceptors (Lipinski definition) is 4. The molecule has 4 nitrogen and oxygen atoms in total. The van der Waals surface area contributed by atoms with Crippen molar-refractivity contribution in [3.05, 3.63) is 70.4 Å².